The highest BCUT2D eigenvalue weighted by molar-refractivity contribution is 7.07. The summed E-state index contributed by atoms with van der Waals surface area (Å²) in [7, 11) is 0. The first-order chi connectivity index (χ1) is 9.74. The molecule has 3 rings (SSSR count). The van der Waals surface area contributed by atoms with Gasteiger partial charge in [0.05, 0.1) is 18.0 Å². The molecule has 20 heavy (non-hydrogen) atoms. The van der Waals surface area contributed by atoms with Crippen LogP contribution in [0.5, 0.6) is 0 Å². The van der Waals surface area contributed by atoms with Crippen LogP contribution in [0.25, 0.3) is 11.3 Å². The van der Waals surface area contributed by atoms with Crippen LogP contribution >= 0.6 is 11.3 Å². The molecule has 0 aliphatic carbocycles. The minimum absolute atomic E-state index is 0.284. The summed E-state index contributed by atoms with van der Waals surface area (Å²) in [6, 6.07) is 8.12. The summed E-state index contributed by atoms with van der Waals surface area (Å²) in [6.07, 6.45) is 1.52. The first-order valence-electron chi connectivity index (χ1n) is 6.22. The van der Waals surface area contributed by atoms with E-state index in [9.17, 15) is 9.50 Å². The van der Waals surface area contributed by atoms with E-state index < -0.39 is 6.10 Å². The summed E-state index contributed by atoms with van der Waals surface area (Å²) in [5.74, 6) is -0.284. The van der Waals surface area contributed by atoms with Crippen molar-refractivity contribution in [1.82, 2.24) is 10.2 Å². The van der Waals surface area contributed by atoms with E-state index in [1.165, 1.54) is 12.1 Å². The predicted octanol–water partition coefficient (Wildman–Crippen LogP) is 3.55. The van der Waals surface area contributed by atoms with Crippen molar-refractivity contribution in [1.29, 1.82) is 0 Å². The largest absolute Gasteiger partial charge is 0.388 e. The number of rotatable bonds is 4. The van der Waals surface area contributed by atoms with Gasteiger partial charge in [0.2, 0.25) is 0 Å². The summed E-state index contributed by atoms with van der Waals surface area (Å²) in [6.45, 7) is 0. The van der Waals surface area contributed by atoms with Gasteiger partial charge in [-0.2, -0.15) is 16.4 Å². The average molecular weight is 288 g/mol. The zero-order valence-corrected chi connectivity index (χ0v) is 11.4. The third-order valence-electron chi connectivity index (χ3n) is 3.17. The molecule has 0 fully saturated rings. The quantitative estimate of drug-likeness (QED) is 0.771. The fraction of sp³-hybridized carbons (Fsp3) is 0.133. The zero-order chi connectivity index (χ0) is 13.9. The Labute approximate surface area is 119 Å². The highest BCUT2D eigenvalue weighted by Gasteiger charge is 2.16. The molecule has 1 unspecified atom stereocenters. The molecule has 5 heteroatoms. The van der Waals surface area contributed by atoms with Gasteiger partial charge in [-0.05, 0) is 46.7 Å². The molecule has 3 aromatic rings. The molecule has 3 nitrogen and oxygen atoms in total. The lowest BCUT2D eigenvalue weighted by atomic mass is 10.0. The van der Waals surface area contributed by atoms with Gasteiger partial charge in [0.1, 0.15) is 5.82 Å². The third-order valence-corrected chi connectivity index (χ3v) is 3.90. The van der Waals surface area contributed by atoms with Crippen molar-refractivity contribution >= 4 is 11.3 Å². The van der Waals surface area contributed by atoms with Crippen molar-refractivity contribution in [2.45, 2.75) is 12.5 Å². The van der Waals surface area contributed by atoms with E-state index >= 15 is 0 Å². The molecule has 102 valence electrons. The number of halogens is 1. The number of H-pyrrole nitrogens is 1. The monoisotopic (exact) mass is 288 g/mol. The van der Waals surface area contributed by atoms with Crippen LogP contribution in [0.4, 0.5) is 4.39 Å². The van der Waals surface area contributed by atoms with Gasteiger partial charge in [0.15, 0.2) is 0 Å². The number of aliphatic hydroxyl groups is 1. The molecule has 0 saturated heterocycles. The fourth-order valence-corrected chi connectivity index (χ4v) is 2.82. The lowest BCUT2D eigenvalue weighted by molar-refractivity contribution is 0.179. The highest BCUT2D eigenvalue weighted by Crippen LogP contribution is 2.28. The number of benzene rings is 1. The Morgan fingerprint density at radius 3 is 2.75 bits per heavy atom. The second-order valence-electron chi connectivity index (χ2n) is 4.56. The Balaban J connectivity index is 1.87. The normalized spacial score (nSPS) is 12.5. The smallest absolute Gasteiger partial charge is 0.123 e. The van der Waals surface area contributed by atoms with Gasteiger partial charge in [-0.15, -0.1) is 0 Å². The molecule has 0 aliphatic rings. The van der Waals surface area contributed by atoms with Crippen molar-refractivity contribution in [2.24, 2.45) is 0 Å². The lowest BCUT2D eigenvalue weighted by Crippen LogP contribution is -2.01. The van der Waals surface area contributed by atoms with Crippen molar-refractivity contribution in [3.05, 3.63) is 64.2 Å². The third kappa shape index (κ3) is 2.64. The Morgan fingerprint density at radius 1 is 1.25 bits per heavy atom. The average Bonchev–Trinajstić information content (AvgIpc) is 3.10. The van der Waals surface area contributed by atoms with Crippen molar-refractivity contribution in [2.75, 3.05) is 0 Å². The van der Waals surface area contributed by atoms with Gasteiger partial charge < -0.3 is 5.11 Å². The molecule has 0 saturated carbocycles. The van der Waals surface area contributed by atoms with E-state index in [2.05, 4.69) is 10.2 Å². The van der Waals surface area contributed by atoms with Crippen LogP contribution in [-0.4, -0.2) is 15.3 Å². The van der Waals surface area contributed by atoms with E-state index in [0.29, 0.717) is 6.42 Å². The SMILES string of the molecule is OC(Cc1ccsc1)c1cn[nH]c1-c1ccc(F)cc1. The lowest BCUT2D eigenvalue weighted by Gasteiger charge is -2.10. The van der Waals surface area contributed by atoms with Crippen LogP contribution in [0.15, 0.2) is 47.3 Å². The second kappa shape index (κ2) is 5.56. The first kappa shape index (κ1) is 13.0. The molecule has 0 spiro atoms. The minimum Gasteiger partial charge on any atom is -0.388 e. The fourth-order valence-electron chi connectivity index (χ4n) is 2.14. The zero-order valence-electron chi connectivity index (χ0n) is 10.6. The summed E-state index contributed by atoms with van der Waals surface area (Å²) in [4.78, 5) is 0. The van der Waals surface area contributed by atoms with Crippen LogP contribution in [0, 0.1) is 5.82 Å². The Bertz CT molecular complexity index is 676. The minimum atomic E-state index is -0.636. The summed E-state index contributed by atoms with van der Waals surface area (Å²) in [5.41, 5.74) is 3.35. The molecular weight excluding hydrogens is 275 g/mol. The van der Waals surface area contributed by atoms with Gasteiger partial charge in [0, 0.05) is 17.5 Å². The maximum atomic E-state index is 13.0. The molecule has 2 heterocycles. The molecular formula is C15H13FN2OS. The number of nitrogens with zero attached hydrogens (tertiary/aromatic N) is 1. The molecule has 1 atom stereocenters. The van der Waals surface area contributed by atoms with Crippen molar-refractivity contribution in [3.8, 4) is 11.3 Å². The molecule has 0 bridgehead atoms. The van der Waals surface area contributed by atoms with E-state index in [4.69, 9.17) is 0 Å². The topological polar surface area (TPSA) is 48.9 Å². The molecule has 2 N–H and O–H groups in total. The van der Waals surface area contributed by atoms with E-state index in [-0.39, 0.29) is 5.82 Å². The number of aromatic nitrogens is 2. The van der Waals surface area contributed by atoms with Gasteiger partial charge in [-0.3, -0.25) is 5.10 Å². The Kier molecular flexibility index (Phi) is 3.62. The number of nitrogens with one attached hydrogen (secondary N) is 1. The van der Waals surface area contributed by atoms with E-state index in [1.54, 1.807) is 29.7 Å². The number of aliphatic hydroxyl groups excluding tert-OH is 1. The van der Waals surface area contributed by atoms with E-state index in [0.717, 1.165) is 22.4 Å². The Hall–Kier alpha value is -1.98. The van der Waals surface area contributed by atoms with Gasteiger partial charge in [-0.1, -0.05) is 0 Å². The first-order valence-corrected chi connectivity index (χ1v) is 7.16. The van der Waals surface area contributed by atoms with Crippen LogP contribution in [0.3, 0.4) is 0 Å². The highest BCUT2D eigenvalue weighted by atomic mass is 32.1. The second-order valence-corrected chi connectivity index (χ2v) is 5.34. The number of aromatic amines is 1. The maximum Gasteiger partial charge on any atom is 0.123 e. The number of hydrogen-bond donors (Lipinski definition) is 2. The van der Waals surface area contributed by atoms with E-state index in [1.807, 2.05) is 16.8 Å². The van der Waals surface area contributed by atoms with Gasteiger partial charge in [0.25, 0.3) is 0 Å². The molecule has 1 aromatic carbocycles. The Morgan fingerprint density at radius 2 is 2.05 bits per heavy atom. The van der Waals surface area contributed by atoms with Gasteiger partial charge in [-0.25, -0.2) is 4.39 Å². The summed E-state index contributed by atoms with van der Waals surface area (Å²) >= 11 is 1.60. The van der Waals surface area contributed by atoms with Crippen LogP contribution < -0.4 is 0 Å². The molecule has 0 amide bonds. The van der Waals surface area contributed by atoms with Crippen LogP contribution in [0.2, 0.25) is 0 Å². The van der Waals surface area contributed by atoms with Crippen molar-refractivity contribution in [3.63, 3.8) is 0 Å². The van der Waals surface area contributed by atoms with Crippen LogP contribution in [0.1, 0.15) is 17.2 Å². The van der Waals surface area contributed by atoms with Gasteiger partial charge >= 0.3 is 0 Å². The summed E-state index contributed by atoms with van der Waals surface area (Å²) < 4.78 is 13.0. The van der Waals surface area contributed by atoms with Crippen molar-refractivity contribution < 1.29 is 9.50 Å². The summed E-state index contributed by atoms with van der Waals surface area (Å²) in [5, 5.41) is 21.2. The molecule has 0 radical (unpaired) electrons. The number of hydrogen-bond acceptors (Lipinski definition) is 3. The molecule has 2 aromatic heterocycles. The molecule has 0 aliphatic heterocycles. The standard InChI is InChI=1S/C15H13FN2OS/c16-12-3-1-11(2-4-12)15-13(8-17-18-15)14(19)7-10-5-6-20-9-10/h1-6,8-9,14,19H,7H2,(H,17,18). The maximum absolute atomic E-state index is 13.0. The van der Waals surface area contributed by atoms with Crippen LogP contribution in [-0.2, 0) is 6.42 Å². The predicted molar refractivity (Wildman–Crippen MR) is 77.0 cm³/mol. The number of thiophene rings is 1.